The molecular weight excluding hydrogens is 257 g/mol. The van der Waals surface area contributed by atoms with E-state index in [0.717, 1.165) is 0 Å². The Labute approximate surface area is 106 Å². The topological polar surface area (TPSA) is 119 Å². The quantitative estimate of drug-likeness (QED) is 0.639. The first-order valence-corrected chi connectivity index (χ1v) is 5.65. The van der Waals surface area contributed by atoms with Gasteiger partial charge in [0.1, 0.15) is 17.7 Å². The molecule has 1 fully saturated rings. The van der Waals surface area contributed by atoms with Gasteiger partial charge in [-0.15, -0.1) is 0 Å². The lowest BCUT2D eigenvalue weighted by Crippen LogP contribution is -2.29. The van der Waals surface area contributed by atoms with Crippen molar-refractivity contribution in [2.45, 2.75) is 24.6 Å². The Kier molecular flexibility index (Phi) is 2.81. The third kappa shape index (κ3) is 1.82. The summed E-state index contributed by atoms with van der Waals surface area (Å²) in [6.45, 7) is -0.515. The summed E-state index contributed by atoms with van der Waals surface area (Å²) >= 11 is 0. The number of aliphatic hydroxyl groups is 2. The van der Waals surface area contributed by atoms with Crippen molar-refractivity contribution in [2.24, 2.45) is 0 Å². The normalized spacial score (nSPS) is 31.1. The zero-order chi connectivity index (χ0) is 13.6. The van der Waals surface area contributed by atoms with E-state index in [1.54, 1.807) is 0 Å². The van der Waals surface area contributed by atoms with Crippen LogP contribution < -0.4 is 5.73 Å². The molecule has 4 N–H and O–H groups in total. The van der Waals surface area contributed by atoms with E-state index < -0.39 is 31.2 Å². The molecule has 0 saturated carbocycles. The zero-order valence-electron chi connectivity index (χ0n) is 9.72. The van der Waals surface area contributed by atoms with Gasteiger partial charge in [-0.3, -0.25) is 4.57 Å². The molecule has 3 rings (SSSR count). The van der Waals surface area contributed by atoms with Crippen LogP contribution in [0.1, 0.15) is 6.23 Å². The fourth-order valence-corrected chi connectivity index (χ4v) is 2.11. The van der Waals surface area contributed by atoms with E-state index in [1.807, 2.05) is 0 Å². The van der Waals surface area contributed by atoms with Gasteiger partial charge in [0, 0.05) is 0 Å². The molecule has 3 heterocycles. The van der Waals surface area contributed by atoms with E-state index >= 15 is 0 Å². The van der Waals surface area contributed by atoms with Gasteiger partial charge in [0.2, 0.25) is 5.95 Å². The third-order valence-electron chi connectivity index (χ3n) is 3.08. The SMILES string of the molecule is Nc1ncc2ncn([C@@H]3O[C@H](CO)[C@H](F)[C@H]3O)c2n1. The predicted octanol–water partition coefficient (Wildman–Crippen LogP) is -1.00. The lowest BCUT2D eigenvalue weighted by Gasteiger charge is -2.16. The molecule has 2 aromatic rings. The molecule has 9 heteroatoms. The summed E-state index contributed by atoms with van der Waals surface area (Å²) < 4.78 is 20.3. The second-order valence-corrected chi connectivity index (χ2v) is 4.27. The summed E-state index contributed by atoms with van der Waals surface area (Å²) in [5.41, 5.74) is 6.27. The summed E-state index contributed by atoms with van der Waals surface area (Å²) in [6.07, 6.45) is -2.38. The van der Waals surface area contributed by atoms with Crippen LogP contribution in [0.15, 0.2) is 12.5 Å². The predicted molar refractivity (Wildman–Crippen MR) is 61.6 cm³/mol. The molecule has 0 radical (unpaired) electrons. The number of aliphatic hydroxyl groups excluding tert-OH is 2. The molecule has 0 aromatic carbocycles. The number of halogens is 1. The van der Waals surface area contributed by atoms with Crippen LogP contribution in [0.3, 0.4) is 0 Å². The van der Waals surface area contributed by atoms with Gasteiger partial charge < -0.3 is 20.7 Å². The highest BCUT2D eigenvalue weighted by Crippen LogP contribution is 2.32. The number of rotatable bonds is 2. The number of fused-ring (bicyclic) bond motifs is 1. The average molecular weight is 269 g/mol. The van der Waals surface area contributed by atoms with Gasteiger partial charge in [-0.2, -0.15) is 4.98 Å². The number of alkyl halides is 1. The van der Waals surface area contributed by atoms with E-state index in [4.69, 9.17) is 15.6 Å². The molecule has 1 saturated heterocycles. The van der Waals surface area contributed by atoms with Crippen molar-refractivity contribution in [1.82, 2.24) is 19.5 Å². The van der Waals surface area contributed by atoms with Gasteiger partial charge in [-0.25, -0.2) is 14.4 Å². The minimum absolute atomic E-state index is 0.0391. The van der Waals surface area contributed by atoms with Gasteiger partial charge in [0.05, 0.1) is 19.1 Å². The van der Waals surface area contributed by atoms with Gasteiger partial charge >= 0.3 is 0 Å². The molecule has 1 aliphatic rings. The van der Waals surface area contributed by atoms with E-state index in [9.17, 15) is 9.50 Å². The second kappa shape index (κ2) is 4.37. The number of hydrogen-bond acceptors (Lipinski definition) is 7. The Morgan fingerprint density at radius 1 is 1.47 bits per heavy atom. The van der Waals surface area contributed by atoms with Crippen LogP contribution in [0.25, 0.3) is 11.2 Å². The Bertz CT molecular complexity index is 606. The van der Waals surface area contributed by atoms with Crippen molar-refractivity contribution in [1.29, 1.82) is 0 Å². The first-order chi connectivity index (χ1) is 9.11. The fourth-order valence-electron chi connectivity index (χ4n) is 2.11. The highest BCUT2D eigenvalue weighted by molar-refractivity contribution is 5.70. The Balaban J connectivity index is 2.03. The van der Waals surface area contributed by atoms with Crippen LogP contribution in [-0.4, -0.2) is 54.7 Å². The lowest BCUT2D eigenvalue weighted by atomic mass is 10.1. The van der Waals surface area contributed by atoms with Gasteiger partial charge in [-0.1, -0.05) is 0 Å². The maximum Gasteiger partial charge on any atom is 0.222 e. The minimum Gasteiger partial charge on any atom is -0.394 e. The van der Waals surface area contributed by atoms with Crippen LogP contribution >= 0.6 is 0 Å². The van der Waals surface area contributed by atoms with Crippen molar-refractivity contribution in [3.05, 3.63) is 12.5 Å². The highest BCUT2D eigenvalue weighted by Gasteiger charge is 2.45. The van der Waals surface area contributed by atoms with E-state index in [-0.39, 0.29) is 5.95 Å². The van der Waals surface area contributed by atoms with Crippen molar-refractivity contribution in [3.8, 4) is 0 Å². The monoisotopic (exact) mass is 269 g/mol. The highest BCUT2D eigenvalue weighted by atomic mass is 19.1. The molecule has 0 spiro atoms. The van der Waals surface area contributed by atoms with Crippen LogP contribution in [0.5, 0.6) is 0 Å². The number of hydrogen-bond donors (Lipinski definition) is 3. The number of imidazole rings is 1. The van der Waals surface area contributed by atoms with Crippen LogP contribution in [0.4, 0.5) is 10.3 Å². The second-order valence-electron chi connectivity index (χ2n) is 4.27. The average Bonchev–Trinajstić information content (AvgIpc) is 2.92. The van der Waals surface area contributed by atoms with Crippen molar-refractivity contribution < 1.29 is 19.3 Å². The molecule has 8 nitrogen and oxygen atoms in total. The molecule has 0 aliphatic carbocycles. The number of aromatic nitrogens is 4. The molecule has 2 aromatic heterocycles. The van der Waals surface area contributed by atoms with Gasteiger partial charge in [0.15, 0.2) is 18.0 Å². The van der Waals surface area contributed by atoms with Crippen LogP contribution in [0.2, 0.25) is 0 Å². The van der Waals surface area contributed by atoms with E-state index in [0.29, 0.717) is 11.2 Å². The number of ether oxygens (including phenoxy) is 1. The third-order valence-corrected chi connectivity index (χ3v) is 3.08. The largest absolute Gasteiger partial charge is 0.394 e. The standard InChI is InChI=1S/C10H12FN5O3/c11-6-5(2-17)19-9(7(6)18)16-3-14-4-1-13-10(12)15-8(4)16/h1,3,5-7,9,17-18H,2H2,(H2,12,13,15)/t5-,6+,7-,9-/m1/s1. The lowest BCUT2D eigenvalue weighted by molar-refractivity contribution is -0.0495. The number of anilines is 1. The molecular formula is C10H12FN5O3. The first kappa shape index (κ1) is 12.2. The van der Waals surface area contributed by atoms with Gasteiger partial charge in [-0.05, 0) is 0 Å². The molecule has 0 amide bonds. The maximum absolute atomic E-state index is 13.7. The van der Waals surface area contributed by atoms with E-state index in [1.165, 1.54) is 17.1 Å². The van der Waals surface area contributed by atoms with Gasteiger partial charge in [0.25, 0.3) is 0 Å². The molecule has 0 bridgehead atoms. The van der Waals surface area contributed by atoms with Crippen molar-refractivity contribution >= 4 is 17.1 Å². The minimum atomic E-state index is -1.67. The molecule has 102 valence electrons. The van der Waals surface area contributed by atoms with Crippen molar-refractivity contribution in [3.63, 3.8) is 0 Å². The summed E-state index contributed by atoms with van der Waals surface area (Å²) in [5, 5.41) is 18.8. The summed E-state index contributed by atoms with van der Waals surface area (Å²) in [7, 11) is 0. The zero-order valence-corrected chi connectivity index (χ0v) is 9.72. The molecule has 4 atom stereocenters. The number of nitrogens with two attached hydrogens (primary N) is 1. The Hall–Kier alpha value is -1.84. The van der Waals surface area contributed by atoms with Crippen molar-refractivity contribution in [2.75, 3.05) is 12.3 Å². The van der Waals surface area contributed by atoms with Crippen LogP contribution in [0, 0.1) is 0 Å². The Morgan fingerprint density at radius 2 is 2.26 bits per heavy atom. The number of nitrogen functional groups attached to an aromatic ring is 1. The summed E-state index contributed by atoms with van der Waals surface area (Å²) in [4.78, 5) is 11.8. The Morgan fingerprint density at radius 3 is 2.95 bits per heavy atom. The van der Waals surface area contributed by atoms with E-state index in [2.05, 4.69) is 15.0 Å². The molecule has 1 aliphatic heterocycles. The molecule has 19 heavy (non-hydrogen) atoms. The summed E-state index contributed by atoms with van der Waals surface area (Å²) in [6, 6.07) is 0. The van der Waals surface area contributed by atoms with Crippen LogP contribution in [-0.2, 0) is 4.74 Å². The summed E-state index contributed by atoms with van der Waals surface area (Å²) in [5.74, 6) is 0.0391. The number of nitrogens with zero attached hydrogens (tertiary/aromatic N) is 4. The smallest absolute Gasteiger partial charge is 0.222 e. The first-order valence-electron chi connectivity index (χ1n) is 5.65. The fraction of sp³-hybridized carbons (Fsp3) is 0.500. The maximum atomic E-state index is 13.7. The molecule has 0 unspecified atom stereocenters.